The van der Waals surface area contributed by atoms with E-state index in [1.165, 1.54) is 15.6 Å². The first-order chi connectivity index (χ1) is 13.3. The van der Waals surface area contributed by atoms with Crippen LogP contribution < -0.4 is 4.80 Å². The van der Waals surface area contributed by atoms with Crippen molar-refractivity contribution in [2.45, 2.75) is 23.1 Å². The number of rotatable bonds is 3. The number of halogens is 2. The van der Waals surface area contributed by atoms with E-state index in [9.17, 15) is 13.2 Å². The van der Waals surface area contributed by atoms with Gasteiger partial charge in [0.1, 0.15) is 10.3 Å². The monoisotopic (exact) mass is 475 g/mol. The number of carbonyl (C=O) groups is 1. The van der Waals surface area contributed by atoms with Crippen LogP contribution in [0.25, 0.3) is 10.2 Å². The number of amides is 1. The molecule has 0 spiro atoms. The molecule has 1 aliphatic rings. The fourth-order valence-corrected chi connectivity index (χ4v) is 7.55. The molecular weight excluding hydrogens is 461 g/mol. The number of aromatic nitrogens is 1. The van der Waals surface area contributed by atoms with Crippen LogP contribution in [0.5, 0.6) is 0 Å². The Bertz CT molecular complexity index is 1230. The summed E-state index contributed by atoms with van der Waals surface area (Å²) in [7, 11) is -1.95. The highest BCUT2D eigenvalue weighted by Crippen LogP contribution is 2.32. The zero-order valence-electron chi connectivity index (χ0n) is 14.6. The summed E-state index contributed by atoms with van der Waals surface area (Å²) in [6.07, 6.45) is 1.07. The second-order valence-electron chi connectivity index (χ2n) is 6.31. The van der Waals surface area contributed by atoms with Crippen LogP contribution in [0.4, 0.5) is 0 Å². The summed E-state index contributed by atoms with van der Waals surface area (Å²) in [5.41, 5.74) is 0.695. The fraction of sp³-hybridized carbons (Fsp3) is 0.294. The minimum Gasteiger partial charge on any atom is -0.318 e. The van der Waals surface area contributed by atoms with E-state index in [-0.39, 0.29) is 4.21 Å². The molecule has 0 bridgehead atoms. The number of hydrogen-bond acceptors (Lipinski definition) is 5. The Morgan fingerprint density at radius 2 is 2.07 bits per heavy atom. The van der Waals surface area contributed by atoms with Crippen molar-refractivity contribution < 1.29 is 13.2 Å². The van der Waals surface area contributed by atoms with Gasteiger partial charge in [-0.1, -0.05) is 40.6 Å². The minimum atomic E-state index is -3.70. The number of hydrogen-bond donors (Lipinski definition) is 0. The molecule has 0 N–H and O–H groups in total. The number of benzene rings is 1. The second kappa shape index (κ2) is 7.55. The maximum atomic E-state index is 12.9. The largest absolute Gasteiger partial charge is 0.318 e. The number of fused-ring (bicyclic) bond motifs is 1. The average Bonchev–Trinajstić information content (AvgIpc) is 3.39. The smallest absolute Gasteiger partial charge is 0.266 e. The normalized spacial score (nSPS) is 19.0. The Morgan fingerprint density at radius 3 is 2.79 bits per heavy atom. The van der Waals surface area contributed by atoms with Gasteiger partial charge in [0.2, 0.25) is 0 Å². The third-order valence-corrected chi connectivity index (χ3v) is 9.78. The van der Waals surface area contributed by atoms with E-state index < -0.39 is 22.0 Å². The fourth-order valence-electron chi connectivity index (χ4n) is 3.25. The highest BCUT2D eigenvalue weighted by molar-refractivity contribution is 7.91. The summed E-state index contributed by atoms with van der Waals surface area (Å²) in [5.74, 6) is -0.470. The number of carbonyl (C=O) groups excluding carboxylic acids is 1. The Hall–Kier alpha value is -1.23. The SMILES string of the molecule is Cn1c(=NC(=O)C2CCCN2S(=O)(=O)c2cccs2)sc2ccc(Cl)c(Cl)c21. The summed E-state index contributed by atoms with van der Waals surface area (Å²) in [6, 6.07) is 5.95. The van der Waals surface area contributed by atoms with Crippen molar-refractivity contribution in [2.75, 3.05) is 6.54 Å². The van der Waals surface area contributed by atoms with Gasteiger partial charge in [-0.25, -0.2) is 8.42 Å². The molecule has 3 aromatic rings. The van der Waals surface area contributed by atoms with E-state index >= 15 is 0 Å². The quantitative estimate of drug-likeness (QED) is 0.576. The van der Waals surface area contributed by atoms with Gasteiger partial charge >= 0.3 is 0 Å². The van der Waals surface area contributed by atoms with Crippen LogP contribution in [-0.2, 0) is 21.9 Å². The second-order valence-corrected chi connectivity index (χ2v) is 11.2. The lowest BCUT2D eigenvalue weighted by atomic mass is 10.2. The standard InChI is InChI=1S/C17H15Cl2N3O3S3/c1-21-15-12(7-6-10(18)14(15)19)27-17(21)20-16(23)11-4-2-8-22(11)28(24,25)13-5-3-9-26-13/h3,5-7,9,11H,2,4,8H2,1H3. The molecule has 0 radical (unpaired) electrons. The summed E-state index contributed by atoms with van der Waals surface area (Å²) in [4.78, 5) is 17.6. The first kappa shape index (κ1) is 20.1. The minimum absolute atomic E-state index is 0.237. The molecule has 28 heavy (non-hydrogen) atoms. The third kappa shape index (κ3) is 3.34. The van der Waals surface area contributed by atoms with E-state index in [1.807, 2.05) is 6.07 Å². The van der Waals surface area contributed by atoms with Crippen LogP contribution >= 0.6 is 45.9 Å². The maximum Gasteiger partial charge on any atom is 0.266 e. The summed E-state index contributed by atoms with van der Waals surface area (Å²) in [5, 5.41) is 2.52. The number of aryl methyl sites for hydroxylation is 1. The number of sulfonamides is 1. The molecule has 3 heterocycles. The van der Waals surface area contributed by atoms with Gasteiger partial charge in [0, 0.05) is 13.6 Å². The number of thiazole rings is 1. The zero-order valence-corrected chi connectivity index (χ0v) is 18.6. The lowest BCUT2D eigenvalue weighted by Crippen LogP contribution is -2.40. The molecule has 4 rings (SSSR count). The molecular formula is C17H15Cl2N3O3S3. The van der Waals surface area contributed by atoms with Gasteiger partial charge in [0.05, 0.1) is 20.3 Å². The van der Waals surface area contributed by atoms with Crippen LogP contribution in [0.2, 0.25) is 10.0 Å². The molecule has 1 fully saturated rings. The molecule has 6 nitrogen and oxygen atoms in total. The van der Waals surface area contributed by atoms with Gasteiger partial charge in [-0.2, -0.15) is 9.30 Å². The predicted octanol–water partition coefficient (Wildman–Crippen LogP) is 3.89. The van der Waals surface area contributed by atoms with Crippen molar-refractivity contribution in [3.8, 4) is 0 Å². The van der Waals surface area contributed by atoms with E-state index in [2.05, 4.69) is 4.99 Å². The van der Waals surface area contributed by atoms with Gasteiger partial charge in [-0.3, -0.25) is 4.79 Å². The molecule has 0 saturated carbocycles. The average molecular weight is 476 g/mol. The van der Waals surface area contributed by atoms with Crippen LogP contribution in [-0.4, -0.2) is 35.8 Å². The van der Waals surface area contributed by atoms with Crippen LogP contribution in [0.1, 0.15) is 12.8 Å². The van der Waals surface area contributed by atoms with E-state index in [0.29, 0.717) is 39.7 Å². The van der Waals surface area contributed by atoms with E-state index in [1.54, 1.807) is 35.2 Å². The molecule has 1 saturated heterocycles. The molecule has 1 atom stereocenters. The molecule has 11 heteroatoms. The van der Waals surface area contributed by atoms with Crippen molar-refractivity contribution in [3.05, 3.63) is 44.5 Å². The molecule has 1 unspecified atom stereocenters. The lowest BCUT2D eigenvalue weighted by Gasteiger charge is -2.20. The van der Waals surface area contributed by atoms with Gasteiger partial charge in [0.15, 0.2) is 4.80 Å². The van der Waals surface area contributed by atoms with Crippen LogP contribution in [0.15, 0.2) is 38.8 Å². The predicted molar refractivity (Wildman–Crippen MR) is 113 cm³/mol. The van der Waals surface area contributed by atoms with Gasteiger partial charge in [-0.05, 0) is 36.4 Å². The Labute approximate surface area is 179 Å². The van der Waals surface area contributed by atoms with Gasteiger partial charge < -0.3 is 4.57 Å². The number of thiophene rings is 1. The van der Waals surface area contributed by atoms with Gasteiger partial charge in [0.25, 0.3) is 15.9 Å². The summed E-state index contributed by atoms with van der Waals surface area (Å²) in [6.45, 7) is 0.312. The lowest BCUT2D eigenvalue weighted by molar-refractivity contribution is -0.121. The zero-order chi connectivity index (χ0) is 20.1. The molecule has 148 valence electrons. The maximum absolute atomic E-state index is 12.9. The van der Waals surface area contributed by atoms with Crippen molar-refractivity contribution in [2.24, 2.45) is 12.0 Å². The Morgan fingerprint density at radius 1 is 1.29 bits per heavy atom. The first-order valence-electron chi connectivity index (χ1n) is 8.38. The van der Waals surface area contributed by atoms with Crippen molar-refractivity contribution in [1.82, 2.24) is 8.87 Å². The van der Waals surface area contributed by atoms with Crippen molar-refractivity contribution in [3.63, 3.8) is 0 Å². The molecule has 0 aliphatic carbocycles. The summed E-state index contributed by atoms with van der Waals surface area (Å²) < 4.78 is 29.8. The third-order valence-electron chi connectivity index (χ3n) is 4.61. The highest BCUT2D eigenvalue weighted by atomic mass is 35.5. The Balaban J connectivity index is 1.73. The van der Waals surface area contributed by atoms with E-state index in [0.717, 1.165) is 16.0 Å². The number of nitrogens with zero attached hydrogens (tertiary/aromatic N) is 3. The summed E-state index contributed by atoms with van der Waals surface area (Å²) >= 11 is 14.8. The molecule has 1 aromatic carbocycles. The van der Waals surface area contributed by atoms with Gasteiger partial charge in [-0.15, -0.1) is 11.3 Å². The first-order valence-corrected chi connectivity index (χ1v) is 12.3. The topological polar surface area (TPSA) is 71.7 Å². The molecule has 1 aliphatic heterocycles. The molecule has 1 amide bonds. The van der Waals surface area contributed by atoms with Crippen molar-refractivity contribution in [1.29, 1.82) is 0 Å². The van der Waals surface area contributed by atoms with E-state index in [4.69, 9.17) is 23.2 Å². The molecule has 2 aromatic heterocycles. The van der Waals surface area contributed by atoms with Crippen LogP contribution in [0, 0.1) is 0 Å². The van der Waals surface area contributed by atoms with Crippen molar-refractivity contribution >= 4 is 72.0 Å². The highest BCUT2D eigenvalue weighted by Gasteiger charge is 2.39. The Kier molecular flexibility index (Phi) is 5.41. The van der Waals surface area contributed by atoms with Crippen LogP contribution in [0.3, 0.4) is 0 Å².